The fraction of sp³-hybridized carbons (Fsp3) is 0.429. The summed E-state index contributed by atoms with van der Waals surface area (Å²) in [6.07, 6.45) is -4.36. The first-order valence-corrected chi connectivity index (χ1v) is 6.10. The van der Waals surface area contributed by atoms with Gasteiger partial charge in [0.25, 0.3) is 0 Å². The van der Waals surface area contributed by atoms with Gasteiger partial charge in [-0.2, -0.15) is 26.3 Å². The molecule has 112 valence electrons. The van der Waals surface area contributed by atoms with E-state index in [-0.39, 0.29) is 11.6 Å². The second kappa shape index (κ2) is 6.33. The van der Waals surface area contributed by atoms with Gasteiger partial charge in [0, 0.05) is 0 Å². The number of hydrogen-bond acceptors (Lipinski definition) is 0. The Kier molecular flexibility index (Phi) is 5.25. The Labute approximate surface area is 113 Å². The summed E-state index contributed by atoms with van der Waals surface area (Å²) in [7, 11) is 0. The van der Waals surface area contributed by atoms with Gasteiger partial charge in [-0.05, 0) is 30.2 Å². The SMILES string of the molecule is CCCC/C=C\c1cc(C(F)(F)F)cc(C(F)(F)F)c1. The molecule has 0 fully saturated rings. The van der Waals surface area contributed by atoms with Crippen LogP contribution in [0.4, 0.5) is 26.3 Å². The minimum atomic E-state index is -4.80. The second-order valence-electron chi connectivity index (χ2n) is 4.38. The number of rotatable bonds is 4. The van der Waals surface area contributed by atoms with Crippen LogP contribution in [0.3, 0.4) is 0 Å². The van der Waals surface area contributed by atoms with Crippen molar-refractivity contribution in [2.75, 3.05) is 0 Å². The monoisotopic (exact) mass is 296 g/mol. The van der Waals surface area contributed by atoms with Gasteiger partial charge in [-0.3, -0.25) is 0 Å². The van der Waals surface area contributed by atoms with E-state index in [1.165, 1.54) is 6.08 Å². The molecule has 6 heteroatoms. The molecule has 20 heavy (non-hydrogen) atoms. The van der Waals surface area contributed by atoms with E-state index >= 15 is 0 Å². The Morgan fingerprint density at radius 1 is 0.900 bits per heavy atom. The predicted octanol–water partition coefficient (Wildman–Crippen LogP) is 5.93. The number of halogens is 6. The zero-order valence-electron chi connectivity index (χ0n) is 10.8. The van der Waals surface area contributed by atoms with Crippen molar-refractivity contribution in [3.63, 3.8) is 0 Å². The van der Waals surface area contributed by atoms with E-state index in [0.29, 0.717) is 6.42 Å². The van der Waals surface area contributed by atoms with E-state index < -0.39 is 23.5 Å². The molecule has 0 N–H and O–H groups in total. The summed E-state index contributed by atoms with van der Waals surface area (Å²) >= 11 is 0. The van der Waals surface area contributed by atoms with Crippen molar-refractivity contribution >= 4 is 6.08 Å². The van der Waals surface area contributed by atoms with E-state index in [2.05, 4.69) is 0 Å². The zero-order valence-corrected chi connectivity index (χ0v) is 10.8. The summed E-state index contributed by atoms with van der Waals surface area (Å²) in [5, 5.41) is 0. The quantitative estimate of drug-likeness (QED) is 0.477. The highest BCUT2D eigenvalue weighted by atomic mass is 19.4. The van der Waals surface area contributed by atoms with Gasteiger partial charge < -0.3 is 0 Å². The van der Waals surface area contributed by atoms with Gasteiger partial charge in [0.1, 0.15) is 0 Å². The Bertz CT molecular complexity index is 435. The molecule has 0 saturated heterocycles. The second-order valence-corrected chi connectivity index (χ2v) is 4.38. The summed E-state index contributed by atoms with van der Waals surface area (Å²) in [5.74, 6) is 0. The van der Waals surface area contributed by atoms with Crippen LogP contribution in [0, 0.1) is 0 Å². The Morgan fingerprint density at radius 3 is 1.80 bits per heavy atom. The topological polar surface area (TPSA) is 0 Å². The van der Waals surface area contributed by atoms with Gasteiger partial charge in [0.2, 0.25) is 0 Å². The van der Waals surface area contributed by atoms with Crippen molar-refractivity contribution in [2.45, 2.75) is 38.5 Å². The van der Waals surface area contributed by atoms with E-state index in [0.717, 1.165) is 25.0 Å². The lowest BCUT2D eigenvalue weighted by atomic mass is 10.0. The van der Waals surface area contributed by atoms with Crippen LogP contribution in [0.1, 0.15) is 42.9 Å². The van der Waals surface area contributed by atoms with Gasteiger partial charge in [-0.25, -0.2) is 0 Å². The third-order valence-electron chi connectivity index (χ3n) is 2.64. The number of allylic oxidation sites excluding steroid dienone is 1. The average molecular weight is 296 g/mol. The highest BCUT2D eigenvalue weighted by molar-refractivity contribution is 5.53. The largest absolute Gasteiger partial charge is 0.416 e. The lowest BCUT2D eigenvalue weighted by Gasteiger charge is -2.12. The van der Waals surface area contributed by atoms with E-state index in [1.54, 1.807) is 6.08 Å². The molecule has 0 radical (unpaired) electrons. The molecule has 1 rings (SSSR count). The molecule has 0 aromatic heterocycles. The molecule has 0 aliphatic carbocycles. The van der Waals surface area contributed by atoms with Crippen LogP contribution in [0.2, 0.25) is 0 Å². The zero-order chi connectivity index (χ0) is 15.4. The Balaban J connectivity index is 3.14. The van der Waals surface area contributed by atoms with Crippen LogP contribution in [-0.4, -0.2) is 0 Å². The lowest BCUT2D eigenvalue weighted by Crippen LogP contribution is -2.11. The summed E-state index contributed by atoms with van der Waals surface area (Å²) in [6, 6.07) is 1.57. The highest BCUT2D eigenvalue weighted by Crippen LogP contribution is 2.36. The molecule has 0 spiro atoms. The standard InChI is InChI=1S/C14H14F6/c1-2-3-4-5-6-10-7-11(13(15,16)17)9-12(8-10)14(18,19)20/h5-9H,2-4H2,1H3/b6-5-. The first-order chi connectivity index (χ1) is 9.14. The third kappa shape index (κ3) is 4.90. The van der Waals surface area contributed by atoms with E-state index in [4.69, 9.17) is 0 Å². The van der Waals surface area contributed by atoms with Crippen molar-refractivity contribution in [2.24, 2.45) is 0 Å². The van der Waals surface area contributed by atoms with Gasteiger partial charge >= 0.3 is 12.4 Å². The summed E-state index contributed by atoms with van der Waals surface area (Å²) in [5.41, 5.74) is -2.67. The minimum Gasteiger partial charge on any atom is -0.166 e. The fourth-order valence-corrected chi connectivity index (χ4v) is 1.62. The number of benzene rings is 1. The van der Waals surface area contributed by atoms with Crippen LogP contribution >= 0.6 is 0 Å². The maximum atomic E-state index is 12.6. The normalized spacial score (nSPS) is 13.2. The molecule has 0 atom stereocenters. The molecule has 0 aliphatic rings. The van der Waals surface area contributed by atoms with Gasteiger partial charge in [-0.15, -0.1) is 0 Å². The molecule has 0 aliphatic heterocycles. The smallest absolute Gasteiger partial charge is 0.166 e. The first kappa shape index (κ1) is 16.6. The molecule has 0 saturated carbocycles. The lowest BCUT2D eigenvalue weighted by molar-refractivity contribution is -0.143. The Hall–Kier alpha value is -1.46. The molecular formula is C14H14F6. The number of unbranched alkanes of at least 4 members (excludes halogenated alkanes) is 2. The summed E-state index contributed by atoms with van der Waals surface area (Å²) in [6.45, 7) is 1.94. The number of hydrogen-bond donors (Lipinski definition) is 0. The van der Waals surface area contributed by atoms with Crippen molar-refractivity contribution in [1.29, 1.82) is 0 Å². The van der Waals surface area contributed by atoms with Gasteiger partial charge in [0.05, 0.1) is 11.1 Å². The predicted molar refractivity (Wildman–Crippen MR) is 65.0 cm³/mol. The number of alkyl halides is 6. The van der Waals surface area contributed by atoms with Crippen LogP contribution in [0.5, 0.6) is 0 Å². The molecular weight excluding hydrogens is 282 g/mol. The van der Waals surface area contributed by atoms with Gasteiger partial charge in [-0.1, -0.05) is 31.9 Å². The van der Waals surface area contributed by atoms with Crippen molar-refractivity contribution in [3.05, 3.63) is 41.0 Å². The van der Waals surface area contributed by atoms with Crippen LogP contribution in [-0.2, 0) is 12.4 Å². The maximum absolute atomic E-state index is 12.6. The average Bonchev–Trinajstić information content (AvgIpc) is 2.32. The summed E-state index contributed by atoms with van der Waals surface area (Å²) < 4.78 is 75.5. The van der Waals surface area contributed by atoms with Crippen LogP contribution < -0.4 is 0 Å². The molecule has 1 aromatic carbocycles. The van der Waals surface area contributed by atoms with Crippen LogP contribution in [0.25, 0.3) is 6.08 Å². The third-order valence-corrected chi connectivity index (χ3v) is 2.64. The summed E-state index contributed by atoms with van der Waals surface area (Å²) in [4.78, 5) is 0. The van der Waals surface area contributed by atoms with Crippen molar-refractivity contribution in [1.82, 2.24) is 0 Å². The first-order valence-electron chi connectivity index (χ1n) is 6.10. The van der Waals surface area contributed by atoms with Crippen molar-refractivity contribution in [3.8, 4) is 0 Å². The minimum absolute atomic E-state index is 0.0942. The molecule has 0 unspecified atom stereocenters. The molecule has 0 heterocycles. The van der Waals surface area contributed by atoms with Crippen molar-refractivity contribution < 1.29 is 26.3 Å². The maximum Gasteiger partial charge on any atom is 0.416 e. The van der Waals surface area contributed by atoms with E-state index in [9.17, 15) is 26.3 Å². The Morgan fingerprint density at radius 2 is 1.40 bits per heavy atom. The molecule has 0 amide bonds. The fourth-order valence-electron chi connectivity index (χ4n) is 1.62. The van der Waals surface area contributed by atoms with Gasteiger partial charge in [0.15, 0.2) is 0 Å². The molecule has 1 aromatic rings. The molecule has 0 nitrogen and oxygen atoms in total. The van der Waals surface area contributed by atoms with Crippen LogP contribution in [0.15, 0.2) is 24.3 Å². The highest BCUT2D eigenvalue weighted by Gasteiger charge is 2.36. The molecule has 0 bridgehead atoms. The van der Waals surface area contributed by atoms with E-state index in [1.807, 2.05) is 6.92 Å².